The second kappa shape index (κ2) is 6.70. The van der Waals surface area contributed by atoms with Gasteiger partial charge in [0.15, 0.2) is 5.89 Å². The summed E-state index contributed by atoms with van der Waals surface area (Å²) in [6.45, 7) is 2.90. The number of nitrogens with zero attached hydrogens (tertiary/aromatic N) is 1. The van der Waals surface area contributed by atoms with Gasteiger partial charge < -0.3 is 13.9 Å². The molecule has 0 N–H and O–H groups in total. The number of aromatic nitrogens is 1. The van der Waals surface area contributed by atoms with E-state index in [1.165, 1.54) is 7.11 Å². The average molecular weight is 267 g/mol. The van der Waals surface area contributed by atoms with Gasteiger partial charge in [-0.1, -0.05) is 13.3 Å². The monoisotopic (exact) mass is 267 g/mol. The lowest BCUT2D eigenvalue weighted by molar-refractivity contribution is 0.0560. The number of aryl methyl sites for hydroxylation is 2. The number of hydrogen-bond donors (Lipinski definition) is 0. The third-order valence-corrected chi connectivity index (χ3v) is 3.30. The molecule has 5 heteroatoms. The molecule has 1 unspecified atom stereocenters. The van der Waals surface area contributed by atoms with Crippen LogP contribution >= 0.6 is 0 Å². The Morgan fingerprint density at radius 1 is 1.47 bits per heavy atom. The van der Waals surface area contributed by atoms with Crippen molar-refractivity contribution in [1.29, 1.82) is 0 Å². The summed E-state index contributed by atoms with van der Waals surface area (Å²) >= 11 is 0. The summed E-state index contributed by atoms with van der Waals surface area (Å²) in [5, 5.41) is 0. The van der Waals surface area contributed by atoms with E-state index < -0.39 is 5.97 Å². The maximum atomic E-state index is 11.6. The number of methoxy groups -OCH3 is 1. The number of carbonyl (C=O) groups is 1. The van der Waals surface area contributed by atoms with Gasteiger partial charge in [-0.25, -0.2) is 9.78 Å². The van der Waals surface area contributed by atoms with Crippen molar-refractivity contribution in [2.45, 2.75) is 51.6 Å². The van der Waals surface area contributed by atoms with E-state index in [4.69, 9.17) is 13.9 Å². The van der Waals surface area contributed by atoms with Crippen molar-refractivity contribution in [3.05, 3.63) is 17.3 Å². The average Bonchev–Trinajstić information content (AvgIpc) is 3.05. The predicted octanol–water partition coefficient (Wildman–Crippen LogP) is 2.53. The highest BCUT2D eigenvalue weighted by Crippen LogP contribution is 2.20. The van der Waals surface area contributed by atoms with Crippen molar-refractivity contribution in [3.63, 3.8) is 0 Å². The summed E-state index contributed by atoms with van der Waals surface area (Å²) in [4.78, 5) is 16.0. The SMILES string of the molecule is CCCc1nc(CCC2CCCO2)oc1C(=O)OC. The van der Waals surface area contributed by atoms with E-state index >= 15 is 0 Å². The smallest absolute Gasteiger partial charge is 0.375 e. The molecule has 5 nitrogen and oxygen atoms in total. The molecule has 1 aliphatic rings. The molecule has 1 aliphatic heterocycles. The Hall–Kier alpha value is -1.36. The van der Waals surface area contributed by atoms with Crippen LogP contribution in [0.4, 0.5) is 0 Å². The zero-order chi connectivity index (χ0) is 13.7. The van der Waals surface area contributed by atoms with E-state index in [9.17, 15) is 4.79 Å². The Balaban J connectivity index is 2.01. The first-order chi connectivity index (χ1) is 9.24. The molecule has 19 heavy (non-hydrogen) atoms. The fraction of sp³-hybridized carbons (Fsp3) is 0.714. The number of ether oxygens (including phenoxy) is 2. The van der Waals surface area contributed by atoms with Crippen LogP contribution in [0.5, 0.6) is 0 Å². The van der Waals surface area contributed by atoms with Crippen LogP contribution in [-0.2, 0) is 22.3 Å². The maximum Gasteiger partial charge on any atom is 0.375 e. The molecule has 1 fully saturated rings. The van der Waals surface area contributed by atoms with E-state index in [1.807, 2.05) is 6.92 Å². The Labute approximate surface area is 113 Å². The molecule has 1 aromatic rings. The van der Waals surface area contributed by atoms with Gasteiger partial charge in [0.05, 0.1) is 18.9 Å². The van der Waals surface area contributed by atoms with E-state index in [2.05, 4.69) is 4.98 Å². The second-order valence-corrected chi connectivity index (χ2v) is 4.80. The lowest BCUT2D eigenvalue weighted by Crippen LogP contribution is -2.06. The van der Waals surface area contributed by atoms with Gasteiger partial charge in [-0.3, -0.25) is 0 Å². The minimum absolute atomic E-state index is 0.256. The van der Waals surface area contributed by atoms with E-state index in [0.29, 0.717) is 24.1 Å². The van der Waals surface area contributed by atoms with Crippen molar-refractivity contribution in [1.82, 2.24) is 4.98 Å². The van der Waals surface area contributed by atoms with Crippen LogP contribution in [-0.4, -0.2) is 30.8 Å². The van der Waals surface area contributed by atoms with Crippen molar-refractivity contribution in [3.8, 4) is 0 Å². The molecule has 1 aromatic heterocycles. The topological polar surface area (TPSA) is 61.6 Å². The van der Waals surface area contributed by atoms with Gasteiger partial charge in [0.1, 0.15) is 0 Å². The molecule has 1 saturated heterocycles. The summed E-state index contributed by atoms with van der Waals surface area (Å²) in [6, 6.07) is 0. The zero-order valence-corrected chi connectivity index (χ0v) is 11.6. The molecular formula is C14H21NO4. The van der Waals surface area contributed by atoms with Gasteiger partial charge in [-0.2, -0.15) is 0 Å². The van der Waals surface area contributed by atoms with Gasteiger partial charge >= 0.3 is 5.97 Å². The summed E-state index contributed by atoms with van der Waals surface area (Å²) in [5.74, 6) is 0.422. The van der Waals surface area contributed by atoms with Gasteiger partial charge in [0.2, 0.25) is 5.76 Å². The Kier molecular flexibility index (Phi) is 4.96. The highest BCUT2D eigenvalue weighted by atomic mass is 16.5. The molecule has 106 valence electrons. The number of carbonyl (C=O) groups excluding carboxylic acids is 1. The predicted molar refractivity (Wildman–Crippen MR) is 69.1 cm³/mol. The van der Waals surface area contributed by atoms with Crippen LogP contribution in [0.15, 0.2) is 4.42 Å². The van der Waals surface area contributed by atoms with Crippen LogP contribution in [0.1, 0.15) is 54.7 Å². The molecule has 0 bridgehead atoms. The molecule has 1 atom stereocenters. The van der Waals surface area contributed by atoms with E-state index in [0.717, 1.165) is 38.7 Å². The van der Waals surface area contributed by atoms with Crippen molar-refractivity contribution in [2.24, 2.45) is 0 Å². The van der Waals surface area contributed by atoms with E-state index in [1.54, 1.807) is 0 Å². The largest absolute Gasteiger partial charge is 0.463 e. The Bertz CT molecular complexity index is 421. The fourth-order valence-electron chi connectivity index (χ4n) is 2.32. The molecule has 0 radical (unpaired) electrons. The highest BCUT2D eigenvalue weighted by molar-refractivity contribution is 5.87. The summed E-state index contributed by atoms with van der Waals surface area (Å²) in [5.41, 5.74) is 0.705. The van der Waals surface area contributed by atoms with Gasteiger partial charge in [0.25, 0.3) is 0 Å². The maximum absolute atomic E-state index is 11.6. The van der Waals surface area contributed by atoms with Crippen molar-refractivity contribution in [2.75, 3.05) is 13.7 Å². The minimum Gasteiger partial charge on any atom is -0.463 e. The second-order valence-electron chi connectivity index (χ2n) is 4.80. The normalized spacial score (nSPS) is 18.7. The number of esters is 1. The minimum atomic E-state index is -0.445. The van der Waals surface area contributed by atoms with Gasteiger partial charge in [-0.15, -0.1) is 0 Å². The Morgan fingerprint density at radius 2 is 2.32 bits per heavy atom. The molecule has 0 amide bonds. The molecule has 2 rings (SSSR count). The van der Waals surface area contributed by atoms with Gasteiger partial charge in [-0.05, 0) is 25.7 Å². The van der Waals surface area contributed by atoms with Crippen molar-refractivity contribution < 1.29 is 18.7 Å². The lowest BCUT2D eigenvalue weighted by atomic mass is 10.1. The quantitative estimate of drug-likeness (QED) is 0.741. The third kappa shape index (κ3) is 3.56. The molecular weight excluding hydrogens is 246 g/mol. The standard InChI is InChI=1S/C14H21NO4/c1-3-5-11-13(14(16)17-2)19-12(15-11)8-7-10-6-4-9-18-10/h10H,3-9H2,1-2H3. The molecule has 0 spiro atoms. The van der Waals surface area contributed by atoms with Gasteiger partial charge in [0, 0.05) is 13.0 Å². The lowest BCUT2D eigenvalue weighted by Gasteiger charge is -2.06. The van der Waals surface area contributed by atoms with E-state index in [-0.39, 0.29) is 5.76 Å². The molecule has 0 aromatic carbocycles. The van der Waals surface area contributed by atoms with Crippen molar-refractivity contribution >= 4 is 5.97 Å². The first-order valence-corrected chi connectivity index (χ1v) is 6.93. The fourth-order valence-corrected chi connectivity index (χ4v) is 2.32. The molecule has 0 aliphatic carbocycles. The summed E-state index contributed by atoms with van der Waals surface area (Å²) < 4.78 is 15.8. The first kappa shape index (κ1) is 14.1. The van der Waals surface area contributed by atoms with Crippen LogP contribution in [0.3, 0.4) is 0 Å². The van der Waals surface area contributed by atoms with Crippen LogP contribution in [0, 0.1) is 0 Å². The highest BCUT2D eigenvalue weighted by Gasteiger charge is 2.22. The van der Waals surface area contributed by atoms with Crippen LogP contribution in [0.25, 0.3) is 0 Å². The van der Waals surface area contributed by atoms with Crippen LogP contribution < -0.4 is 0 Å². The number of oxazole rings is 1. The number of rotatable bonds is 6. The zero-order valence-electron chi connectivity index (χ0n) is 11.6. The first-order valence-electron chi connectivity index (χ1n) is 6.93. The molecule has 0 saturated carbocycles. The third-order valence-electron chi connectivity index (χ3n) is 3.30. The number of hydrogen-bond acceptors (Lipinski definition) is 5. The van der Waals surface area contributed by atoms with Crippen LogP contribution in [0.2, 0.25) is 0 Å². The molecule has 2 heterocycles. The summed E-state index contributed by atoms with van der Waals surface area (Å²) in [7, 11) is 1.35. The Morgan fingerprint density at radius 3 is 2.95 bits per heavy atom. The summed E-state index contributed by atoms with van der Waals surface area (Å²) in [6.07, 6.45) is 5.79.